The van der Waals surface area contributed by atoms with E-state index in [9.17, 15) is 9.59 Å². The second-order valence-corrected chi connectivity index (χ2v) is 3.84. The fourth-order valence-electron chi connectivity index (χ4n) is 1.85. The van der Waals surface area contributed by atoms with Gasteiger partial charge in [-0.3, -0.25) is 9.59 Å². The summed E-state index contributed by atoms with van der Waals surface area (Å²) in [4.78, 5) is 24.4. The van der Waals surface area contributed by atoms with Gasteiger partial charge in [0.15, 0.2) is 0 Å². The van der Waals surface area contributed by atoms with Crippen LogP contribution in [-0.4, -0.2) is 49.1 Å². The molecule has 4 N–H and O–H groups in total. The monoisotopic (exact) mass is 229 g/mol. The fraction of sp³-hybridized carbons (Fsp3) is 0.800. The predicted molar refractivity (Wildman–Crippen MR) is 58.4 cm³/mol. The van der Waals surface area contributed by atoms with E-state index in [-0.39, 0.29) is 12.5 Å². The molecule has 1 unspecified atom stereocenters. The molecule has 16 heavy (non-hydrogen) atoms. The number of carbonyl (C=O) groups excluding carboxylic acids is 2. The highest BCUT2D eigenvalue weighted by Crippen LogP contribution is 2.16. The van der Waals surface area contributed by atoms with Crippen LogP contribution in [-0.2, 0) is 14.3 Å². The Kier molecular flexibility index (Phi) is 5.21. The lowest BCUT2D eigenvalue weighted by Gasteiger charge is -2.33. The van der Waals surface area contributed by atoms with Crippen LogP contribution in [0.15, 0.2) is 0 Å². The minimum atomic E-state index is -0.470. The molecular weight excluding hydrogens is 210 g/mol. The predicted octanol–water partition coefficient (Wildman–Crippen LogP) is -1.17. The molecule has 0 aromatic heterocycles. The minimum absolute atomic E-state index is 0.0268. The first kappa shape index (κ1) is 12.9. The number of amides is 2. The van der Waals surface area contributed by atoms with Gasteiger partial charge >= 0.3 is 0 Å². The third-order valence-electron chi connectivity index (χ3n) is 2.64. The molecule has 1 aliphatic heterocycles. The third kappa shape index (κ3) is 3.46. The average Bonchev–Trinajstić information content (AvgIpc) is 2.29. The standard InChI is InChI=1S/C10H19N3O3/c11-4-6-16-7-9(14)13-5-2-1-3-8(13)10(12)15/h8H,1-7,11H2,(H2,12,15). The summed E-state index contributed by atoms with van der Waals surface area (Å²) in [6, 6.07) is -0.470. The Balaban J connectivity index is 2.47. The van der Waals surface area contributed by atoms with Crippen molar-refractivity contribution in [3.05, 3.63) is 0 Å². The zero-order valence-electron chi connectivity index (χ0n) is 9.35. The highest BCUT2D eigenvalue weighted by molar-refractivity contribution is 5.87. The molecule has 6 nitrogen and oxygen atoms in total. The molecule has 92 valence electrons. The van der Waals surface area contributed by atoms with Crippen molar-refractivity contribution in [2.45, 2.75) is 25.3 Å². The van der Waals surface area contributed by atoms with E-state index >= 15 is 0 Å². The van der Waals surface area contributed by atoms with Gasteiger partial charge in [0, 0.05) is 13.1 Å². The molecule has 0 aromatic carbocycles. The summed E-state index contributed by atoms with van der Waals surface area (Å²) in [5.41, 5.74) is 10.5. The van der Waals surface area contributed by atoms with Crippen LogP contribution in [0.3, 0.4) is 0 Å². The molecule has 1 atom stereocenters. The maximum Gasteiger partial charge on any atom is 0.249 e. The maximum atomic E-state index is 11.7. The van der Waals surface area contributed by atoms with Crippen molar-refractivity contribution in [3.8, 4) is 0 Å². The highest BCUT2D eigenvalue weighted by atomic mass is 16.5. The SMILES string of the molecule is NCCOCC(=O)N1CCCCC1C(N)=O. The van der Waals surface area contributed by atoms with Gasteiger partial charge in [0.1, 0.15) is 12.6 Å². The molecular formula is C10H19N3O3. The van der Waals surface area contributed by atoms with Crippen molar-refractivity contribution in [1.82, 2.24) is 4.90 Å². The molecule has 2 amide bonds. The van der Waals surface area contributed by atoms with Crippen LogP contribution in [0.2, 0.25) is 0 Å². The van der Waals surface area contributed by atoms with Gasteiger partial charge in [-0.05, 0) is 19.3 Å². The van der Waals surface area contributed by atoms with Crippen molar-refractivity contribution < 1.29 is 14.3 Å². The number of piperidine rings is 1. The van der Waals surface area contributed by atoms with Crippen LogP contribution in [0.4, 0.5) is 0 Å². The van der Waals surface area contributed by atoms with Gasteiger partial charge in [-0.15, -0.1) is 0 Å². The van der Waals surface area contributed by atoms with Crippen LogP contribution in [0, 0.1) is 0 Å². The van der Waals surface area contributed by atoms with Gasteiger partial charge in [0.25, 0.3) is 0 Å². The van der Waals surface area contributed by atoms with Gasteiger partial charge < -0.3 is 21.1 Å². The van der Waals surface area contributed by atoms with Crippen molar-refractivity contribution in [2.75, 3.05) is 26.3 Å². The molecule has 1 fully saturated rings. The Labute approximate surface area is 94.9 Å². The van der Waals surface area contributed by atoms with Crippen LogP contribution in [0.1, 0.15) is 19.3 Å². The Morgan fingerprint density at radius 3 is 2.75 bits per heavy atom. The summed E-state index contributed by atoms with van der Waals surface area (Å²) < 4.78 is 5.06. The topological polar surface area (TPSA) is 98.7 Å². The van der Waals surface area contributed by atoms with E-state index < -0.39 is 11.9 Å². The zero-order chi connectivity index (χ0) is 12.0. The Bertz CT molecular complexity index is 258. The van der Waals surface area contributed by atoms with Crippen LogP contribution in [0.5, 0.6) is 0 Å². The molecule has 0 saturated carbocycles. The number of ether oxygens (including phenoxy) is 1. The van der Waals surface area contributed by atoms with Gasteiger partial charge in [-0.2, -0.15) is 0 Å². The van der Waals surface area contributed by atoms with Crippen LogP contribution in [0.25, 0.3) is 0 Å². The number of hydrogen-bond donors (Lipinski definition) is 2. The summed E-state index contributed by atoms with van der Waals surface area (Å²) in [7, 11) is 0. The molecule has 1 rings (SSSR count). The first-order valence-corrected chi connectivity index (χ1v) is 5.53. The van der Waals surface area contributed by atoms with E-state index in [1.165, 1.54) is 4.90 Å². The smallest absolute Gasteiger partial charge is 0.249 e. The van der Waals surface area contributed by atoms with Gasteiger partial charge in [0.2, 0.25) is 11.8 Å². The van der Waals surface area contributed by atoms with E-state index in [1.54, 1.807) is 0 Å². The number of primary amides is 1. The largest absolute Gasteiger partial charge is 0.370 e. The number of hydrogen-bond acceptors (Lipinski definition) is 4. The number of likely N-dealkylation sites (tertiary alicyclic amines) is 1. The number of nitrogens with zero attached hydrogens (tertiary/aromatic N) is 1. The van der Waals surface area contributed by atoms with E-state index in [0.717, 1.165) is 12.8 Å². The summed E-state index contributed by atoms with van der Waals surface area (Å²) in [5, 5.41) is 0. The molecule has 0 spiro atoms. The lowest BCUT2D eigenvalue weighted by atomic mass is 10.0. The zero-order valence-corrected chi connectivity index (χ0v) is 9.35. The number of rotatable bonds is 5. The quantitative estimate of drug-likeness (QED) is 0.580. The highest BCUT2D eigenvalue weighted by Gasteiger charge is 2.30. The van der Waals surface area contributed by atoms with E-state index in [2.05, 4.69) is 0 Å². The first-order chi connectivity index (χ1) is 7.66. The molecule has 0 radical (unpaired) electrons. The minimum Gasteiger partial charge on any atom is -0.370 e. The normalized spacial score (nSPS) is 20.8. The van der Waals surface area contributed by atoms with E-state index in [1.807, 2.05) is 0 Å². The van der Waals surface area contributed by atoms with Crippen LogP contribution >= 0.6 is 0 Å². The summed E-state index contributed by atoms with van der Waals surface area (Å²) in [6.07, 6.45) is 2.49. The van der Waals surface area contributed by atoms with Gasteiger partial charge in [-0.1, -0.05) is 0 Å². The summed E-state index contributed by atoms with van der Waals surface area (Å²) in [6.45, 7) is 1.28. The summed E-state index contributed by atoms with van der Waals surface area (Å²) >= 11 is 0. The molecule has 1 aliphatic rings. The lowest BCUT2D eigenvalue weighted by Crippen LogP contribution is -2.51. The summed E-state index contributed by atoms with van der Waals surface area (Å²) in [5.74, 6) is -0.621. The average molecular weight is 229 g/mol. The first-order valence-electron chi connectivity index (χ1n) is 5.53. The van der Waals surface area contributed by atoms with Gasteiger partial charge in [0.05, 0.1) is 6.61 Å². The van der Waals surface area contributed by atoms with E-state index in [0.29, 0.717) is 26.1 Å². The maximum absolute atomic E-state index is 11.7. The molecule has 6 heteroatoms. The number of nitrogens with two attached hydrogens (primary N) is 2. The van der Waals surface area contributed by atoms with Crippen molar-refractivity contribution >= 4 is 11.8 Å². The molecule has 0 aliphatic carbocycles. The Hall–Kier alpha value is -1.14. The van der Waals surface area contributed by atoms with Crippen molar-refractivity contribution in [3.63, 3.8) is 0 Å². The molecule has 1 saturated heterocycles. The fourth-order valence-corrected chi connectivity index (χ4v) is 1.85. The molecule has 0 aromatic rings. The Morgan fingerprint density at radius 2 is 2.12 bits per heavy atom. The van der Waals surface area contributed by atoms with Gasteiger partial charge in [-0.25, -0.2) is 0 Å². The molecule has 1 heterocycles. The Morgan fingerprint density at radius 1 is 1.38 bits per heavy atom. The van der Waals surface area contributed by atoms with Crippen LogP contribution < -0.4 is 11.5 Å². The van der Waals surface area contributed by atoms with E-state index in [4.69, 9.17) is 16.2 Å². The van der Waals surface area contributed by atoms with Crippen molar-refractivity contribution in [1.29, 1.82) is 0 Å². The van der Waals surface area contributed by atoms with Crippen molar-refractivity contribution in [2.24, 2.45) is 11.5 Å². The second-order valence-electron chi connectivity index (χ2n) is 3.84. The molecule has 0 bridgehead atoms. The lowest BCUT2D eigenvalue weighted by molar-refractivity contribution is -0.144. The second kappa shape index (κ2) is 6.44. The third-order valence-corrected chi connectivity index (χ3v) is 2.64. The number of carbonyl (C=O) groups is 2.